The molecule has 0 atom stereocenters. The minimum atomic E-state index is -0.924. The van der Waals surface area contributed by atoms with Crippen LogP contribution < -0.4 is 0 Å². The summed E-state index contributed by atoms with van der Waals surface area (Å²) in [6.07, 6.45) is 0. The van der Waals surface area contributed by atoms with Crippen LogP contribution in [0.5, 0.6) is 0 Å². The van der Waals surface area contributed by atoms with Gasteiger partial charge in [0.1, 0.15) is 0 Å². The molecule has 1 rings (SSSR count). The number of nitro groups is 3. The van der Waals surface area contributed by atoms with Crippen LogP contribution >= 0.6 is 0 Å². The van der Waals surface area contributed by atoms with Gasteiger partial charge < -0.3 is 21.9 Å². The maximum Gasteiger partial charge on any atom is 2.00 e. The first-order chi connectivity index (χ1) is 6.91. The summed E-state index contributed by atoms with van der Waals surface area (Å²) in [5.41, 5.74) is 0. The third kappa shape index (κ3) is 13.5. The second-order valence-electron chi connectivity index (χ2n) is 2.66. The molecule has 16 nitrogen and oxygen atoms in total. The average molecular weight is 513 g/mol. The summed E-state index contributed by atoms with van der Waals surface area (Å²) >= 11 is 0. The Morgan fingerprint density at radius 2 is 0.727 bits per heavy atom. The zero-order chi connectivity index (χ0) is 11.6. The van der Waals surface area contributed by atoms with E-state index in [1.54, 1.807) is 0 Å². The Bertz CT molecular complexity index is 271. The summed E-state index contributed by atoms with van der Waals surface area (Å²) in [5.74, 6) is 0. The Morgan fingerprint density at radius 1 is 0.591 bits per heavy atom. The Morgan fingerprint density at radius 3 is 0.818 bits per heavy atom. The van der Waals surface area contributed by atoms with E-state index >= 15 is 0 Å². The zero-order valence-electron chi connectivity index (χ0n) is 11.0. The van der Waals surface area contributed by atoms with Crippen LogP contribution in [0.4, 0.5) is 0 Å². The molecule has 0 saturated carbocycles. The van der Waals surface area contributed by atoms with E-state index in [2.05, 4.69) is 0 Å². The third-order valence-electron chi connectivity index (χ3n) is 1.67. The molecule has 0 bridgehead atoms. The first-order valence-electron chi connectivity index (χ1n) is 3.59. The van der Waals surface area contributed by atoms with Gasteiger partial charge in [-0.15, -0.1) is 0 Å². The molecule has 0 aromatic carbocycles. The van der Waals surface area contributed by atoms with Crippen LogP contribution in [0.1, 0.15) is 0 Å². The fourth-order valence-corrected chi connectivity index (χ4v) is 1.01. The Kier molecular flexibility index (Phi) is 39.9. The van der Waals surface area contributed by atoms with Crippen LogP contribution in [0.2, 0.25) is 0 Å². The number of nitrogens with zero attached hydrogens (tertiary/aromatic N) is 6. The molecular formula is C3H10N6O10Sr2Ti. The van der Waals surface area contributed by atoms with Gasteiger partial charge in [-0.3, -0.25) is 0 Å². The van der Waals surface area contributed by atoms with Gasteiger partial charge in [-0.05, 0) is 0 Å². The van der Waals surface area contributed by atoms with E-state index in [4.69, 9.17) is 0 Å². The first kappa shape index (κ1) is 43.5. The van der Waals surface area contributed by atoms with Crippen molar-refractivity contribution in [3.8, 4) is 0 Å². The predicted molar refractivity (Wildman–Crippen MR) is 60.4 cm³/mol. The predicted octanol–water partition coefficient (Wildman–Crippen LogP) is -3.12. The summed E-state index contributed by atoms with van der Waals surface area (Å²) in [7, 11) is 0. The van der Waals surface area contributed by atoms with Crippen molar-refractivity contribution in [1.29, 1.82) is 0 Å². The molecule has 0 amide bonds. The fourth-order valence-electron chi connectivity index (χ4n) is 1.01. The second-order valence-corrected chi connectivity index (χ2v) is 2.66. The van der Waals surface area contributed by atoms with E-state index < -0.39 is 35.1 Å². The Labute approximate surface area is 211 Å². The largest absolute Gasteiger partial charge is 2.00 e. The van der Waals surface area contributed by atoms with Crippen LogP contribution in [0.3, 0.4) is 0 Å². The van der Waals surface area contributed by atoms with E-state index in [0.29, 0.717) is 15.0 Å². The fraction of sp³-hybridized carbons (Fsp3) is 1.00. The van der Waals surface area contributed by atoms with Crippen LogP contribution in [0, 0.1) is 30.3 Å². The van der Waals surface area contributed by atoms with E-state index in [9.17, 15) is 30.3 Å². The van der Waals surface area contributed by atoms with Crippen molar-refractivity contribution in [2.45, 2.75) is 0 Å². The molecule has 0 radical (unpaired) electrons. The minimum absolute atomic E-state index is 0. The molecule has 0 aliphatic carbocycles. The number of hydrazine groups is 3. The summed E-state index contributed by atoms with van der Waals surface area (Å²) in [6.45, 7) is -1.78. The van der Waals surface area contributed by atoms with Crippen molar-refractivity contribution in [1.82, 2.24) is 15.0 Å². The van der Waals surface area contributed by atoms with Crippen LogP contribution in [0.15, 0.2) is 0 Å². The maximum absolute atomic E-state index is 10.3. The SMILES string of the molecule is O=[N+]([O-])N1CN([N+](=O)[O-])CN([N+](=O)[O-])C1.[OH-].[OH-].[OH-].[OH-].[Sr+2].[Sr+2].[Ti]. The zero-order valence-corrected chi connectivity index (χ0v) is 19.5. The van der Waals surface area contributed by atoms with Crippen LogP contribution in [-0.2, 0) is 21.7 Å². The first-order valence-corrected chi connectivity index (χ1v) is 3.59. The normalized spacial score (nSPS) is 11.2. The summed E-state index contributed by atoms with van der Waals surface area (Å²) in [4.78, 5) is 31.0. The number of hydrogen-bond acceptors (Lipinski definition) is 10. The molecule has 1 fully saturated rings. The van der Waals surface area contributed by atoms with E-state index in [0.717, 1.165) is 0 Å². The molecule has 0 aromatic heterocycles. The van der Waals surface area contributed by atoms with Crippen LogP contribution in [0.25, 0.3) is 0 Å². The van der Waals surface area contributed by atoms with Gasteiger partial charge in [0.2, 0.25) is 20.0 Å². The minimum Gasteiger partial charge on any atom is -0.870 e. The van der Waals surface area contributed by atoms with Crippen molar-refractivity contribution in [3.63, 3.8) is 0 Å². The molecule has 1 saturated heterocycles. The molecule has 22 heavy (non-hydrogen) atoms. The monoisotopic (exact) mass is 514 g/mol. The molecule has 120 valence electrons. The van der Waals surface area contributed by atoms with Crippen molar-refractivity contribution >= 4 is 91.0 Å². The van der Waals surface area contributed by atoms with Gasteiger partial charge >= 0.3 is 91.0 Å². The van der Waals surface area contributed by atoms with E-state index in [1.165, 1.54) is 0 Å². The van der Waals surface area contributed by atoms with Gasteiger partial charge in [-0.2, -0.15) is 0 Å². The summed E-state index contributed by atoms with van der Waals surface area (Å²) < 4.78 is 0. The third-order valence-corrected chi connectivity index (χ3v) is 1.67. The molecule has 4 N–H and O–H groups in total. The van der Waals surface area contributed by atoms with Crippen molar-refractivity contribution in [2.24, 2.45) is 0 Å². The number of hydrogen-bond donors (Lipinski definition) is 0. The quantitative estimate of drug-likeness (QED) is 0.206. The van der Waals surface area contributed by atoms with Gasteiger partial charge in [0, 0.05) is 21.7 Å². The molecule has 19 heteroatoms. The average Bonchev–Trinajstić information content (AvgIpc) is 2.16. The van der Waals surface area contributed by atoms with Crippen molar-refractivity contribution in [2.75, 3.05) is 20.0 Å². The molecule has 1 aliphatic rings. The standard InChI is InChI=1S/C3H6N6O6.4H2O.2Sr.Ti/c10-7(11)4-1-5(8(12)13)3-6(2-4)9(14)15;;;;;;;/h1-3H2;4*1H2;;;/q;;;;;2*+2;/p-4. The molecular weight excluding hydrogens is 503 g/mol. The molecule has 0 spiro atoms. The second kappa shape index (κ2) is 20.2. The van der Waals surface area contributed by atoms with Gasteiger partial charge in [-0.25, -0.2) is 30.3 Å². The Hall–Kier alpha value is 1.12. The van der Waals surface area contributed by atoms with Crippen LogP contribution in [-0.4, -0.2) is 163 Å². The maximum atomic E-state index is 10.3. The van der Waals surface area contributed by atoms with Gasteiger partial charge in [0.15, 0.2) is 15.1 Å². The summed E-state index contributed by atoms with van der Waals surface area (Å²) in [5, 5.41) is 29.3. The van der Waals surface area contributed by atoms with Crippen molar-refractivity contribution in [3.05, 3.63) is 30.3 Å². The number of rotatable bonds is 3. The smallest absolute Gasteiger partial charge is 0.870 e. The molecule has 0 aromatic rings. The van der Waals surface area contributed by atoms with E-state index in [-0.39, 0.29) is 135 Å². The molecule has 1 heterocycles. The summed E-state index contributed by atoms with van der Waals surface area (Å²) in [6, 6.07) is 0. The Balaban J connectivity index is -0.0000000643. The van der Waals surface area contributed by atoms with Gasteiger partial charge in [0.25, 0.3) is 0 Å². The van der Waals surface area contributed by atoms with Gasteiger partial charge in [-0.1, -0.05) is 15.0 Å². The molecule has 0 unspecified atom stereocenters. The van der Waals surface area contributed by atoms with E-state index in [1.807, 2.05) is 0 Å². The topological polar surface area (TPSA) is 259 Å². The van der Waals surface area contributed by atoms with Crippen molar-refractivity contribution < 1.29 is 58.7 Å². The van der Waals surface area contributed by atoms with Gasteiger partial charge in [0.05, 0.1) is 0 Å². The molecule has 1 aliphatic heterocycles.